The van der Waals surface area contributed by atoms with Crippen molar-refractivity contribution in [2.45, 2.75) is 45.6 Å². The van der Waals surface area contributed by atoms with Crippen molar-refractivity contribution < 1.29 is 18.6 Å². The lowest BCUT2D eigenvalue weighted by molar-refractivity contribution is -0.0573. The lowest BCUT2D eigenvalue weighted by Crippen LogP contribution is -2.36. The van der Waals surface area contributed by atoms with Crippen molar-refractivity contribution in [1.29, 1.82) is 0 Å². The van der Waals surface area contributed by atoms with E-state index in [-0.39, 0.29) is 23.8 Å². The van der Waals surface area contributed by atoms with Gasteiger partial charge < -0.3 is 9.84 Å². The lowest BCUT2D eigenvalue weighted by atomic mass is 10.1. The molecule has 0 spiro atoms. The Kier molecular flexibility index (Phi) is 7.26. The first kappa shape index (κ1) is 20.5. The number of rotatable bonds is 8. The smallest absolute Gasteiger partial charge is 0.127 e. The van der Waals surface area contributed by atoms with Crippen LogP contribution in [0, 0.1) is 11.6 Å². The second-order valence-corrected chi connectivity index (χ2v) is 7.46. The molecule has 3 nitrogen and oxygen atoms in total. The van der Waals surface area contributed by atoms with Gasteiger partial charge in [0.1, 0.15) is 11.6 Å². The maximum Gasteiger partial charge on any atom is 0.127 e. The quantitative estimate of drug-likeness (QED) is 0.765. The fraction of sp³-hybridized carbons (Fsp3) is 0.429. The average Bonchev–Trinajstić information content (AvgIpc) is 2.56. The van der Waals surface area contributed by atoms with Gasteiger partial charge in [0.25, 0.3) is 0 Å². The summed E-state index contributed by atoms with van der Waals surface area (Å²) >= 11 is 0. The second-order valence-electron chi connectivity index (χ2n) is 7.46. The number of hydrogen-bond donors (Lipinski definition) is 1. The molecule has 142 valence electrons. The van der Waals surface area contributed by atoms with Crippen molar-refractivity contribution in [2.24, 2.45) is 0 Å². The Balaban J connectivity index is 2.07. The summed E-state index contributed by atoms with van der Waals surface area (Å²) in [6.45, 7) is 7.11. The van der Waals surface area contributed by atoms with Gasteiger partial charge in [-0.05, 0) is 44.5 Å². The topological polar surface area (TPSA) is 32.7 Å². The fourth-order valence-corrected chi connectivity index (χ4v) is 2.60. The molecule has 0 radical (unpaired) electrons. The number of halogens is 2. The molecule has 0 aliphatic heterocycles. The van der Waals surface area contributed by atoms with Crippen molar-refractivity contribution in [3.05, 3.63) is 71.3 Å². The van der Waals surface area contributed by atoms with Crippen molar-refractivity contribution in [1.82, 2.24) is 4.90 Å². The number of nitrogens with zero attached hydrogens (tertiary/aromatic N) is 1. The highest BCUT2D eigenvalue weighted by atomic mass is 19.1. The van der Waals surface area contributed by atoms with Crippen molar-refractivity contribution in [2.75, 3.05) is 13.2 Å². The highest BCUT2D eigenvalue weighted by molar-refractivity contribution is 5.19. The molecule has 0 unspecified atom stereocenters. The summed E-state index contributed by atoms with van der Waals surface area (Å²) in [5.41, 5.74) is 1.11. The van der Waals surface area contributed by atoms with Gasteiger partial charge in [0.2, 0.25) is 0 Å². The van der Waals surface area contributed by atoms with Crippen LogP contribution in [0.1, 0.15) is 31.9 Å². The standard InChI is InChI=1S/C21H27F2NO2/c1-21(2,3)26-15-19(25)14-24(12-16-8-10-18(22)11-9-16)13-17-6-4-5-7-20(17)23/h4-11,19,25H,12-15H2,1-3H3/t19-/m0/s1. The summed E-state index contributed by atoms with van der Waals surface area (Å²) in [4.78, 5) is 1.93. The molecule has 2 rings (SSSR count). The molecule has 0 fully saturated rings. The lowest BCUT2D eigenvalue weighted by Gasteiger charge is -2.27. The normalized spacial score (nSPS) is 13.2. The molecule has 0 aliphatic rings. The van der Waals surface area contributed by atoms with Crippen LogP contribution in [0.25, 0.3) is 0 Å². The van der Waals surface area contributed by atoms with Crippen LogP contribution in [0.5, 0.6) is 0 Å². The molecule has 2 aromatic carbocycles. The van der Waals surface area contributed by atoms with E-state index in [1.54, 1.807) is 30.3 Å². The summed E-state index contributed by atoms with van der Waals surface area (Å²) in [5.74, 6) is -0.579. The Morgan fingerprint density at radius 2 is 1.65 bits per heavy atom. The predicted octanol–water partition coefficient (Wildman–Crippen LogP) is 4.14. The molecule has 0 aromatic heterocycles. The molecule has 0 saturated heterocycles. The maximum absolute atomic E-state index is 14.0. The maximum atomic E-state index is 14.0. The summed E-state index contributed by atoms with van der Waals surface area (Å²) < 4.78 is 32.8. The molecule has 0 aliphatic carbocycles. The van der Waals surface area contributed by atoms with E-state index in [2.05, 4.69) is 0 Å². The van der Waals surface area contributed by atoms with E-state index < -0.39 is 6.10 Å². The van der Waals surface area contributed by atoms with Gasteiger partial charge in [-0.2, -0.15) is 0 Å². The minimum absolute atomic E-state index is 0.195. The first-order chi connectivity index (χ1) is 12.2. The van der Waals surface area contributed by atoms with E-state index in [0.717, 1.165) is 5.56 Å². The third-order valence-electron chi connectivity index (χ3n) is 3.85. The third-order valence-corrected chi connectivity index (χ3v) is 3.85. The highest BCUT2D eigenvalue weighted by Crippen LogP contribution is 2.15. The van der Waals surface area contributed by atoms with Crippen LogP contribution < -0.4 is 0 Å². The monoisotopic (exact) mass is 363 g/mol. The van der Waals surface area contributed by atoms with Gasteiger partial charge >= 0.3 is 0 Å². The Hall–Kier alpha value is -1.82. The van der Waals surface area contributed by atoms with Gasteiger partial charge in [-0.25, -0.2) is 8.78 Å². The van der Waals surface area contributed by atoms with E-state index >= 15 is 0 Å². The van der Waals surface area contributed by atoms with Crippen LogP contribution in [0.4, 0.5) is 8.78 Å². The van der Waals surface area contributed by atoms with E-state index in [1.165, 1.54) is 18.2 Å². The summed E-state index contributed by atoms with van der Waals surface area (Å²) in [5, 5.41) is 10.3. The van der Waals surface area contributed by atoms with E-state index in [0.29, 0.717) is 25.2 Å². The Morgan fingerprint density at radius 3 is 2.27 bits per heavy atom. The van der Waals surface area contributed by atoms with Crippen LogP contribution in [0.3, 0.4) is 0 Å². The number of aliphatic hydroxyl groups is 1. The third kappa shape index (κ3) is 7.20. The zero-order valence-electron chi connectivity index (χ0n) is 15.6. The molecule has 1 N–H and O–H groups in total. The van der Waals surface area contributed by atoms with Crippen LogP contribution in [0.15, 0.2) is 48.5 Å². The fourth-order valence-electron chi connectivity index (χ4n) is 2.60. The number of aliphatic hydroxyl groups excluding tert-OH is 1. The summed E-state index contributed by atoms with van der Waals surface area (Å²) in [7, 11) is 0. The van der Waals surface area contributed by atoms with Gasteiger partial charge in [-0.1, -0.05) is 30.3 Å². The first-order valence-electron chi connectivity index (χ1n) is 8.75. The zero-order valence-corrected chi connectivity index (χ0v) is 15.6. The largest absolute Gasteiger partial charge is 0.389 e. The van der Waals surface area contributed by atoms with Gasteiger partial charge in [-0.3, -0.25) is 4.90 Å². The number of ether oxygens (including phenoxy) is 1. The van der Waals surface area contributed by atoms with Crippen molar-refractivity contribution in [3.63, 3.8) is 0 Å². The van der Waals surface area contributed by atoms with Crippen LogP contribution in [0.2, 0.25) is 0 Å². The van der Waals surface area contributed by atoms with Gasteiger partial charge in [-0.15, -0.1) is 0 Å². The Morgan fingerprint density at radius 1 is 1.00 bits per heavy atom. The minimum atomic E-state index is -0.707. The van der Waals surface area contributed by atoms with E-state index in [4.69, 9.17) is 4.74 Å². The van der Waals surface area contributed by atoms with Gasteiger partial charge in [0, 0.05) is 25.2 Å². The average molecular weight is 363 g/mol. The molecule has 0 heterocycles. The van der Waals surface area contributed by atoms with Crippen molar-refractivity contribution >= 4 is 0 Å². The number of benzene rings is 2. The highest BCUT2D eigenvalue weighted by Gasteiger charge is 2.18. The Bertz CT molecular complexity index is 683. The van der Waals surface area contributed by atoms with Gasteiger partial charge in [0.05, 0.1) is 18.3 Å². The van der Waals surface area contributed by atoms with E-state index in [9.17, 15) is 13.9 Å². The second kappa shape index (κ2) is 9.21. The van der Waals surface area contributed by atoms with E-state index in [1.807, 2.05) is 25.7 Å². The van der Waals surface area contributed by atoms with Crippen molar-refractivity contribution in [3.8, 4) is 0 Å². The summed E-state index contributed by atoms with van der Waals surface area (Å²) in [6, 6.07) is 12.8. The molecule has 5 heteroatoms. The molecule has 0 amide bonds. The molecular formula is C21H27F2NO2. The van der Waals surface area contributed by atoms with Crippen LogP contribution >= 0.6 is 0 Å². The molecular weight excluding hydrogens is 336 g/mol. The van der Waals surface area contributed by atoms with Gasteiger partial charge in [0.15, 0.2) is 0 Å². The SMILES string of the molecule is CC(C)(C)OC[C@@H](O)CN(Cc1ccc(F)cc1)Cc1ccccc1F. The molecule has 2 aromatic rings. The minimum Gasteiger partial charge on any atom is -0.389 e. The first-order valence-corrected chi connectivity index (χ1v) is 8.75. The molecule has 1 atom stereocenters. The molecule has 0 bridgehead atoms. The zero-order chi connectivity index (χ0) is 19.2. The Labute approximate surface area is 154 Å². The molecule has 26 heavy (non-hydrogen) atoms. The number of hydrogen-bond acceptors (Lipinski definition) is 3. The molecule has 0 saturated carbocycles. The van der Waals surface area contributed by atoms with Crippen LogP contribution in [-0.4, -0.2) is 34.9 Å². The summed E-state index contributed by atoms with van der Waals surface area (Å²) in [6.07, 6.45) is -0.707. The predicted molar refractivity (Wildman–Crippen MR) is 98.6 cm³/mol. The van der Waals surface area contributed by atoms with Crippen LogP contribution in [-0.2, 0) is 17.8 Å².